The van der Waals surface area contributed by atoms with Crippen LogP contribution in [0.4, 0.5) is 0 Å². The van der Waals surface area contributed by atoms with Crippen LogP contribution in [0.1, 0.15) is 70.8 Å². The van der Waals surface area contributed by atoms with Gasteiger partial charge in [0.05, 0.1) is 13.2 Å². The molecular weight excluding hydrogens is 372 g/mol. The number of hydrogen-bond acceptors (Lipinski definition) is 3. The van der Waals surface area contributed by atoms with Gasteiger partial charge in [0.25, 0.3) is 0 Å². The molecule has 0 aromatic heterocycles. The largest absolute Gasteiger partial charge is 0.497 e. The molecule has 4 aliphatic rings. The number of aliphatic hydroxyl groups excluding tert-OH is 1. The third-order valence-corrected chi connectivity index (χ3v) is 9.73. The Balaban J connectivity index is 1.42. The van der Waals surface area contributed by atoms with Crippen molar-refractivity contribution >= 4 is 11.9 Å². The topological polar surface area (TPSA) is 46.5 Å². The standard InChI is InChI=1S/C27H36O3/c1-26-12-10-20(28)16-19(26)6-9-22-23(26)11-13-27(2)24(22)15-18(25(27)29)14-17-4-7-21(30-3)8-5-17/h4-5,7-8,14,19-20,22-24,28H,6,9-13,15-16H2,1-3H3/b18-14+/t19-,20-,22-,23+,24+,26+,27+/m1/s1. The Bertz CT molecular complexity index is 855. The molecule has 0 amide bonds. The van der Waals surface area contributed by atoms with E-state index < -0.39 is 0 Å². The van der Waals surface area contributed by atoms with E-state index in [4.69, 9.17) is 4.74 Å². The Morgan fingerprint density at radius 2 is 1.80 bits per heavy atom. The summed E-state index contributed by atoms with van der Waals surface area (Å²) in [6.07, 6.45) is 10.8. The van der Waals surface area contributed by atoms with Crippen molar-refractivity contribution in [2.45, 2.75) is 71.3 Å². The lowest BCUT2D eigenvalue weighted by atomic mass is 9.45. The average molecular weight is 409 g/mol. The van der Waals surface area contributed by atoms with E-state index in [0.717, 1.165) is 54.9 Å². The maximum absolute atomic E-state index is 13.5. The number of carbonyl (C=O) groups excluding carboxylic acids is 1. The lowest BCUT2D eigenvalue weighted by molar-refractivity contribution is -0.141. The summed E-state index contributed by atoms with van der Waals surface area (Å²) >= 11 is 0. The first kappa shape index (κ1) is 20.3. The van der Waals surface area contributed by atoms with Crippen LogP contribution in [-0.4, -0.2) is 24.1 Å². The van der Waals surface area contributed by atoms with Crippen molar-refractivity contribution in [1.29, 1.82) is 0 Å². The SMILES string of the molecule is COc1ccc(/C=C2\C[C@H]3[C@@H]4CC[C@@H]5C[C@H](O)CC[C@]5(C)[C@H]4CC[C@]3(C)C2=O)cc1. The summed E-state index contributed by atoms with van der Waals surface area (Å²) in [6, 6.07) is 8.03. The molecule has 30 heavy (non-hydrogen) atoms. The van der Waals surface area contributed by atoms with Crippen molar-refractivity contribution in [3.8, 4) is 5.75 Å². The zero-order valence-corrected chi connectivity index (χ0v) is 18.7. The molecule has 162 valence electrons. The fourth-order valence-electron chi connectivity index (χ4n) is 7.94. The molecule has 0 aliphatic heterocycles. The van der Waals surface area contributed by atoms with Gasteiger partial charge in [-0.25, -0.2) is 0 Å². The molecule has 4 fully saturated rings. The second-order valence-corrected chi connectivity index (χ2v) is 11.0. The summed E-state index contributed by atoms with van der Waals surface area (Å²) in [6.45, 7) is 4.76. The average Bonchev–Trinajstić information content (AvgIpc) is 3.00. The Morgan fingerprint density at radius 1 is 1.03 bits per heavy atom. The Labute approximate surface area is 180 Å². The molecule has 0 spiro atoms. The second-order valence-electron chi connectivity index (χ2n) is 11.0. The number of ketones is 1. The van der Waals surface area contributed by atoms with Crippen molar-refractivity contribution in [2.24, 2.45) is 34.5 Å². The van der Waals surface area contributed by atoms with Crippen LogP contribution in [0.2, 0.25) is 0 Å². The normalized spacial score (nSPS) is 44.3. The molecule has 0 unspecified atom stereocenters. The molecule has 0 radical (unpaired) electrons. The van der Waals surface area contributed by atoms with Gasteiger partial charge in [-0.3, -0.25) is 4.79 Å². The molecule has 4 aliphatic carbocycles. The highest BCUT2D eigenvalue weighted by Crippen LogP contribution is 2.66. The second kappa shape index (κ2) is 7.22. The van der Waals surface area contributed by atoms with Crippen LogP contribution in [0.25, 0.3) is 6.08 Å². The molecule has 1 aromatic carbocycles. The highest BCUT2D eigenvalue weighted by molar-refractivity contribution is 6.05. The van der Waals surface area contributed by atoms with E-state index in [0.29, 0.717) is 29.0 Å². The van der Waals surface area contributed by atoms with E-state index in [1.807, 2.05) is 24.3 Å². The van der Waals surface area contributed by atoms with Crippen LogP contribution in [0.15, 0.2) is 29.8 Å². The predicted octanol–water partition coefficient (Wildman–Crippen LogP) is 5.66. The molecule has 5 rings (SSSR count). The molecule has 1 aromatic rings. The number of hydrogen-bond donors (Lipinski definition) is 1. The Morgan fingerprint density at radius 3 is 2.53 bits per heavy atom. The number of ether oxygens (including phenoxy) is 1. The minimum Gasteiger partial charge on any atom is -0.497 e. The molecule has 3 nitrogen and oxygen atoms in total. The van der Waals surface area contributed by atoms with Gasteiger partial charge in [0.1, 0.15) is 5.75 Å². The third kappa shape index (κ3) is 2.99. The summed E-state index contributed by atoms with van der Waals surface area (Å²) in [5.74, 6) is 3.77. The van der Waals surface area contributed by atoms with Gasteiger partial charge in [0.2, 0.25) is 0 Å². The quantitative estimate of drug-likeness (QED) is 0.642. The van der Waals surface area contributed by atoms with Crippen molar-refractivity contribution in [2.75, 3.05) is 7.11 Å². The zero-order chi connectivity index (χ0) is 21.1. The van der Waals surface area contributed by atoms with Crippen LogP contribution in [0.5, 0.6) is 5.75 Å². The monoisotopic (exact) mass is 408 g/mol. The van der Waals surface area contributed by atoms with Gasteiger partial charge in [-0.15, -0.1) is 0 Å². The molecule has 7 atom stereocenters. The van der Waals surface area contributed by atoms with Crippen LogP contribution < -0.4 is 4.74 Å². The van der Waals surface area contributed by atoms with E-state index in [-0.39, 0.29) is 11.5 Å². The van der Waals surface area contributed by atoms with E-state index in [1.54, 1.807) is 7.11 Å². The zero-order valence-electron chi connectivity index (χ0n) is 18.7. The Hall–Kier alpha value is -1.61. The molecule has 1 N–H and O–H groups in total. The summed E-state index contributed by atoms with van der Waals surface area (Å²) in [5, 5.41) is 10.2. The smallest absolute Gasteiger partial charge is 0.165 e. The molecule has 0 bridgehead atoms. The number of rotatable bonds is 2. The number of fused-ring (bicyclic) bond motifs is 5. The molecule has 0 heterocycles. The van der Waals surface area contributed by atoms with Gasteiger partial charge in [-0.2, -0.15) is 0 Å². The number of carbonyl (C=O) groups is 1. The third-order valence-electron chi connectivity index (χ3n) is 9.73. The highest BCUT2D eigenvalue weighted by Gasteiger charge is 2.61. The number of Topliss-reactive ketones (excluding diaryl/α,β-unsaturated/α-hetero) is 1. The van der Waals surface area contributed by atoms with Crippen LogP contribution >= 0.6 is 0 Å². The first-order valence-electron chi connectivity index (χ1n) is 11.9. The van der Waals surface area contributed by atoms with Crippen molar-refractivity contribution in [1.82, 2.24) is 0 Å². The van der Waals surface area contributed by atoms with Crippen LogP contribution in [0.3, 0.4) is 0 Å². The van der Waals surface area contributed by atoms with E-state index in [1.165, 1.54) is 19.3 Å². The maximum Gasteiger partial charge on any atom is 0.165 e. The van der Waals surface area contributed by atoms with E-state index in [2.05, 4.69) is 19.9 Å². The first-order valence-corrected chi connectivity index (χ1v) is 11.9. The van der Waals surface area contributed by atoms with Gasteiger partial charge in [0, 0.05) is 5.41 Å². The van der Waals surface area contributed by atoms with Gasteiger partial charge < -0.3 is 9.84 Å². The molecule has 3 heteroatoms. The fraction of sp³-hybridized carbons (Fsp3) is 0.667. The number of allylic oxidation sites excluding steroid dienone is 1. The van der Waals surface area contributed by atoms with Gasteiger partial charge >= 0.3 is 0 Å². The minimum absolute atomic E-state index is 0.0967. The number of methoxy groups -OCH3 is 1. The van der Waals surface area contributed by atoms with Gasteiger partial charge in [-0.05, 0) is 110 Å². The lowest BCUT2D eigenvalue weighted by Crippen LogP contribution is -2.54. The van der Waals surface area contributed by atoms with Crippen molar-refractivity contribution in [3.63, 3.8) is 0 Å². The molecular formula is C27H36O3. The van der Waals surface area contributed by atoms with E-state index in [9.17, 15) is 9.90 Å². The van der Waals surface area contributed by atoms with Gasteiger partial charge in [0.15, 0.2) is 5.78 Å². The maximum atomic E-state index is 13.5. The van der Waals surface area contributed by atoms with Crippen LogP contribution in [-0.2, 0) is 4.79 Å². The van der Waals surface area contributed by atoms with Crippen LogP contribution in [0, 0.1) is 34.5 Å². The number of aliphatic hydroxyl groups is 1. The lowest BCUT2D eigenvalue weighted by Gasteiger charge is -2.59. The first-order chi connectivity index (χ1) is 14.3. The summed E-state index contributed by atoms with van der Waals surface area (Å²) in [7, 11) is 1.68. The summed E-state index contributed by atoms with van der Waals surface area (Å²) in [4.78, 5) is 13.5. The predicted molar refractivity (Wildman–Crippen MR) is 119 cm³/mol. The van der Waals surface area contributed by atoms with Crippen molar-refractivity contribution < 1.29 is 14.6 Å². The number of benzene rings is 1. The summed E-state index contributed by atoms with van der Waals surface area (Å²) in [5.41, 5.74) is 2.29. The summed E-state index contributed by atoms with van der Waals surface area (Å²) < 4.78 is 5.27. The minimum atomic E-state index is -0.184. The van der Waals surface area contributed by atoms with E-state index >= 15 is 0 Å². The van der Waals surface area contributed by atoms with Crippen molar-refractivity contribution in [3.05, 3.63) is 35.4 Å². The molecule has 4 saturated carbocycles. The highest BCUT2D eigenvalue weighted by atomic mass is 16.5. The fourth-order valence-corrected chi connectivity index (χ4v) is 7.94. The molecule has 0 saturated heterocycles. The van der Waals surface area contributed by atoms with Gasteiger partial charge in [-0.1, -0.05) is 26.0 Å². The Kier molecular flexibility index (Phi) is 4.89.